The smallest absolute Gasteiger partial charge is 0.377 e. The molecule has 0 spiro atoms. The first-order valence-electron chi connectivity index (χ1n) is 9.77. The number of carbonyl (C=O) groups is 1. The van der Waals surface area contributed by atoms with Crippen molar-refractivity contribution in [3.63, 3.8) is 0 Å². The largest absolute Gasteiger partial charge is 0.395 e. The molecule has 0 bridgehead atoms. The lowest BCUT2D eigenvalue weighted by molar-refractivity contribution is -0.240. The quantitative estimate of drug-likeness (QED) is 0.679. The highest BCUT2D eigenvalue weighted by Crippen LogP contribution is 2.46. The second kappa shape index (κ2) is 8.33. The van der Waals surface area contributed by atoms with Gasteiger partial charge in [0.25, 0.3) is 0 Å². The maximum atomic E-state index is 14.3. The fourth-order valence-corrected chi connectivity index (χ4v) is 4.43. The number of hydrogen-bond donors (Lipinski definition) is 0. The van der Waals surface area contributed by atoms with Crippen molar-refractivity contribution >= 4 is 5.78 Å². The molecule has 2 saturated heterocycles. The first kappa shape index (κ1) is 21.0. The van der Waals surface area contributed by atoms with E-state index in [1.807, 2.05) is 0 Å². The maximum absolute atomic E-state index is 14.3. The van der Waals surface area contributed by atoms with Crippen molar-refractivity contribution in [3.8, 4) is 0 Å². The van der Waals surface area contributed by atoms with Gasteiger partial charge in [-0.1, -0.05) is 13.8 Å². The van der Waals surface area contributed by atoms with Gasteiger partial charge in [-0.15, -0.1) is 0 Å². The summed E-state index contributed by atoms with van der Waals surface area (Å²) < 4.78 is 71.2. The monoisotopic (exact) mass is 396 g/mol. The highest BCUT2D eigenvalue weighted by atomic mass is 19.4. The zero-order chi connectivity index (χ0) is 19.8. The molecule has 0 N–H and O–H groups in total. The molecule has 3 rings (SSSR count). The first-order chi connectivity index (χ1) is 12.7. The zero-order valence-corrected chi connectivity index (χ0v) is 15.7. The van der Waals surface area contributed by atoms with E-state index in [1.165, 1.54) is 6.92 Å². The third-order valence-electron chi connectivity index (χ3n) is 6.22. The van der Waals surface area contributed by atoms with Gasteiger partial charge in [0.2, 0.25) is 6.29 Å². The van der Waals surface area contributed by atoms with E-state index in [0.29, 0.717) is 12.5 Å². The van der Waals surface area contributed by atoms with Crippen LogP contribution in [-0.4, -0.2) is 50.3 Å². The summed E-state index contributed by atoms with van der Waals surface area (Å²) in [7, 11) is 0. The van der Waals surface area contributed by atoms with E-state index in [4.69, 9.17) is 14.2 Å². The van der Waals surface area contributed by atoms with E-state index in [1.54, 1.807) is 0 Å². The summed E-state index contributed by atoms with van der Waals surface area (Å²) in [6.07, 6.45) is -6.06. The molecular weight excluding hydrogens is 368 g/mol. The van der Waals surface area contributed by atoms with E-state index < -0.39 is 42.2 Å². The summed E-state index contributed by atoms with van der Waals surface area (Å²) in [5, 5.41) is 0. The molecule has 0 radical (unpaired) electrons. The third kappa shape index (κ3) is 4.65. The van der Waals surface area contributed by atoms with Gasteiger partial charge in [0.1, 0.15) is 6.17 Å². The molecule has 3 aliphatic rings. The molecule has 0 aromatic rings. The van der Waals surface area contributed by atoms with Crippen molar-refractivity contribution in [2.24, 2.45) is 29.6 Å². The summed E-state index contributed by atoms with van der Waals surface area (Å²) in [5.74, 6) is -4.79. The number of alkyl halides is 4. The van der Waals surface area contributed by atoms with Gasteiger partial charge in [0.15, 0.2) is 5.78 Å². The molecule has 27 heavy (non-hydrogen) atoms. The summed E-state index contributed by atoms with van der Waals surface area (Å²) >= 11 is 0. The van der Waals surface area contributed by atoms with Crippen molar-refractivity contribution in [3.05, 3.63) is 0 Å². The topological polar surface area (TPSA) is 44.8 Å². The van der Waals surface area contributed by atoms with E-state index in [0.717, 1.165) is 12.8 Å². The Labute approximate surface area is 156 Å². The summed E-state index contributed by atoms with van der Waals surface area (Å²) in [6, 6.07) is 0. The molecule has 3 fully saturated rings. The van der Waals surface area contributed by atoms with Crippen LogP contribution in [0.5, 0.6) is 0 Å². The van der Waals surface area contributed by atoms with Crippen LogP contribution in [0.15, 0.2) is 0 Å². The Morgan fingerprint density at radius 1 is 0.926 bits per heavy atom. The van der Waals surface area contributed by atoms with Crippen LogP contribution >= 0.6 is 0 Å². The summed E-state index contributed by atoms with van der Waals surface area (Å²) in [6.45, 7) is 4.63. The van der Waals surface area contributed by atoms with E-state index >= 15 is 0 Å². The van der Waals surface area contributed by atoms with Crippen LogP contribution in [0.4, 0.5) is 17.6 Å². The van der Waals surface area contributed by atoms with E-state index in [2.05, 4.69) is 6.92 Å². The van der Waals surface area contributed by atoms with Gasteiger partial charge in [-0.2, -0.15) is 13.2 Å². The van der Waals surface area contributed by atoms with Crippen LogP contribution in [0.25, 0.3) is 0 Å². The average molecular weight is 396 g/mol. The molecule has 1 aliphatic carbocycles. The molecule has 0 aromatic heterocycles. The van der Waals surface area contributed by atoms with Crippen LogP contribution in [0.3, 0.4) is 0 Å². The molecule has 2 heterocycles. The fraction of sp³-hybridized carbons (Fsp3) is 0.947. The Hall–Kier alpha value is -0.730. The Kier molecular flexibility index (Phi) is 6.48. The van der Waals surface area contributed by atoms with Gasteiger partial charge >= 0.3 is 6.18 Å². The van der Waals surface area contributed by atoms with Gasteiger partial charge < -0.3 is 14.2 Å². The van der Waals surface area contributed by atoms with Crippen LogP contribution in [0.2, 0.25) is 0 Å². The zero-order valence-electron chi connectivity index (χ0n) is 15.7. The van der Waals surface area contributed by atoms with Crippen molar-refractivity contribution in [2.75, 3.05) is 19.8 Å². The van der Waals surface area contributed by atoms with Gasteiger partial charge in [-0.3, -0.25) is 4.79 Å². The highest BCUT2D eigenvalue weighted by molar-refractivity contribution is 5.85. The van der Waals surface area contributed by atoms with E-state index in [-0.39, 0.29) is 38.1 Å². The molecule has 0 aromatic carbocycles. The predicted molar refractivity (Wildman–Crippen MR) is 88.7 cm³/mol. The number of hydrogen-bond acceptors (Lipinski definition) is 4. The Morgan fingerprint density at radius 2 is 1.59 bits per heavy atom. The molecule has 2 aliphatic heterocycles. The van der Waals surface area contributed by atoms with Crippen LogP contribution in [0.1, 0.15) is 39.5 Å². The minimum absolute atomic E-state index is 0.000863. The molecule has 6 unspecified atom stereocenters. The minimum atomic E-state index is -4.77. The average Bonchev–Trinajstić information content (AvgIpc) is 2.63. The van der Waals surface area contributed by atoms with Gasteiger partial charge in [-0.05, 0) is 37.5 Å². The second-order valence-corrected chi connectivity index (χ2v) is 8.39. The maximum Gasteiger partial charge on any atom is 0.395 e. The molecule has 8 heteroatoms. The fourth-order valence-electron chi connectivity index (χ4n) is 4.43. The van der Waals surface area contributed by atoms with Crippen molar-refractivity contribution in [1.29, 1.82) is 0 Å². The SMILES string of the molecule is CC1CCC(C2COC(C(=O)C3CCC(C)C(F)C3C(F)(F)F)OC2)OC1. The van der Waals surface area contributed by atoms with Crippen molar-refractivity contribution in [1.82, 2.24) is 0 Å². The number of ketones is 1. The molecule has 0 amide bonds. The molecular formula is C19H28F4O4. The van der Waals surface area contributed by atoms with Crippen LogP contribution < -0.4 is 0 Å². The van der Waals surface area contributed by atoms with Gasteiger partial charge in [0, 0.05) is 18.4 Å². The highest BCUT2D eigenvalue weighted by Gasteiger charge is 2.56. The molecule has 4 nitrogen and oxygen atoms in total. The second-order valence-electron chi connectivity index (χ2n) is 8.39. The van der Waals surface area contributed by atoms with Crippen LogP contribution in [-0.2, 0) is 19.0 Å². The molecule has 6 atom stereocenters. The number of rotatable bonds is 3. The van der Waals surface area contributed by atoms with Crippen molar-refractivity contribution < 1.29 is 36.6 Å². The normalized spacial score (nSPS) is 44.1. The first-order valence-corrected chi connectivity index (χ1v) is 9.77. The Bertz CT molecular complexity index is 510. The lowest BCUT2D eigenvalue weighted by atomic mass is 9.71. The molecule has 156 valence electrons. The Morgan fingerprint density at radius 3 is 2.15 bits per heavy atom. The van der Waals surface area contributed by atoms with Gasteiger partial charge in [0.05, 0.1) is 25.2 Å². The van der Waals surface area contributed by atoms with E-state index in [9.17, 15) is 22.4 Å². The van der Waals surface area contributed by atoms with Gasteiger partial charge in [-0.25, -0.2) is 4.39 Å². The van der Waals surface area contributed by atoms with Crippen molar-refractivity contribution in [2.45, 2.75) is 64.3 Å². The number of carbonyl (C=O) groups excluding carboxylic acids is 1. The third-order valence-corrected chi connectivity index (χ3v) is 6.22. The molecule has 1 saturated carbocycles. The minimum Gasteiger partial charge on any atom is -0.377 e. The summed E-state index contributed by atoms with van der Waals surface area (Å²) in [5.41, 5.74) is 0. The number of ether oxygens (including phenoxy) is 3. The van der Waals surface area contributed by atoms with Crippen LogP contribution in [0, 0.1) is 29.6 Å². The predicted octanol–water partition coefficient (Wildman–Crippen LogP) is 3.92. The lowest BCUT2D eigenvalue weighted by Gasteiger charge is -2.41. The lowest BCUT2D eigenvalue weighted by Crippen LogP contribution is -2.52. The number of halogens is 4. The summed E-state index contributed by atoms with van der Waals surface area (Å²) in [4.78, 5) is 12.6. The standard InChI is InChI=1S/C19H28F4O4/c1-10-3-6-14(25-7-10)12-8-26-18(27-9-12)17(24)13-5-4-11(2)16(20)15(13)19(21,22)23/h10-16,18H,3-9H2,1-2H3. The Balaban J connectivity index is 1.59. The number of Topliss-reactive ketones (excluding diaryl/α,β-unsaturated/α-hetero) is 1.